The summed E-state index contributed by atoms with van der Waals surface area (Å²) in [6, 6.07) is 21.5. The molecule has 0 N–H and O–H groups in total. The second kappa shape index (κ2) is 6.48. The van der Waals surface area contributed by atoms with E-state index in [9.17, 15) is 0 Å². The molecule has 0 saturated carbocycles. The highest BCUT2D eigenvalue weighted by Gasteiger charge is 2.21. The number of methoxy groups -OCH3 is 1. The van der Waals surface area contributed by atoms with Crippen molar-refractivity contribution in [3.63, 3.8) is 0 Å². The average molecular weight is 315 g/mol. The Bertz CT molecular complexity index is 880. The lowest BCUT2D eigenvalue weighted by atomic mass is 9.84. The molecule has 0 aliphatic heterocycles. The Labute approximate surface area is 142 Å². The first-order valence-electron chi connectivity index (χ1n) is 8.53. The fraction of sp³-hybridized carbons (Fsp3) is 0.227. The van der Waals surface area contributed by atoms with Crippen LogP contribution in [0, 0.1) is 0 Å². The summed E-state index contributed by atoms with van der Waals surface area (Å²) in [6.45, 7) is 0. The summed E-state index contributed by atoms with van der Waals surface area (Å²) in [5, 5.41) is 2.66. The minimum absolute atomic E-state index is 0.252. The predicted molar refractivity (Wildman–Crippen MR) is 100 cm³/mol. The monoisotopic (exact) mass is 315 g/mol. The zero-order valence-electron chi connectivity index (χ0n) is 13.9. The van der Waals surface area contributed by atoms with E-state index in [1.807, 2.05) is 18.3 Å². The number of rotatable bonds is 3. The standard InChI is InChI=1S/C22H21NO/c1-24-19-13-9-16(10-14-19)15-23-21-8-4-6-18-12-11-17-5-2-3-7-20(17)22(18)21/h2-3,5,7,9-15,21H,4,6,8H2,1H3. The van der Waals surface area contributed by atoms with E-state index in [0.717, 1.165) is 24.2 Å². The van der Waals surface area contributed by atoms with E-state index in [4.69, 9.17) is 9.73 Å². The molecule has 0 saturated heterocycles. The van der Waals surface area contributed by atoms with E-state index < -0.39 is 0 Å². The van der Waals surface area contributed by atoms with E-state index in [1.165, 1.54) is 28.3 Å². The first-order valence-corrected chi connectivity index (χ1v) is 8.53. The third kappa shape index (κ3) is 2.80. The van der Waals surface area contributed by atoms with Crippen LogP contribution >= 0.6 is 0 Å². The Kier molecular flexibility index (Phi) is 4.04. The smallest absolute Gasteiger partial charge is 0.118 e. The molecule has 0 heterocycles. The van der Waals surface area contributed by atoms with Gasteiger partial charge in [-0.2, -0.15) is 0 Å². The summed E-state index contributed by atoms with van der Waals surface area (Å²) in [7, 11) is 1.69. The summed E-state index contributed by atoms with van der Waals surface area (Å²) in [5.41, 5.74) is 3.99. The molecule has 1 aliphatic rings. The van der Waals surface area contributed by atoms with Crippen LogP contribution in [0.2, 0.25) is 0 Å². The molecule has 0 fully saturated rings. The molecule has 120 valence electrons. The van der Waals surface area contributed by atoms with Gasteiger partial charge in [-0.05, 0) is 71.0 Å². The molecule has 24 heavy (non-hydrogen) atoms. The maximum atomic E-state index is 5.21. The summed E-state index contributed by atoms with van der Waals surface area (Å²) in [5.74, 6) is 0.876. The minimum Gasteiger partial charge on any atom is -0.497 e. The van der Waals surface area contributed by atoms with Crippen LogP contribution < -0.4 is 4.74 Å². The second-order valence-corrected chi connectivity index (χ2v) is 6.32. The molecule has 0 aromatic heterocycles. The summed E-state index contributed by atoms with van der Waals surface area (Å²) >= 11 is 0. The van der Waals surface area contributed by atoms with Gasteiger partial charge in [0, 0.05) is 6.21 Å². The highest BCUT2D eigenvalue weighted by atomic mass is 16.5. The topological polar surface area (TPSA) is 21.6 Å². The van der Waals surface area contributed by atoms with Crippen molar-refractivity contribution >= 4 is 17.0 Å². The second-order valence-electron chi connectivity index (χ2n) is 6.32. The molecule has 3 aromatic carbocycles. The quantitative estimate of drug-likeness (QED) is 0.597. The third-order valence-electron chi connectivity index (χ3n) is 4.84. The van der Waals surface area contributed by atoms with Crippen LogP contribution in [0.3, 0.4) is 0 Å². The zero-order valence-corrected chi connectivity index (χ0v) is 13.9. The molecule has 2 nitrogen and oxygen atoms in total. The van der Waals surface area contributed by atoms with E-state index in [-0.39, 0.29) is 6.04 Å². The van der Waals surface area contributed by atoms with Crippen LogP contribution in [0.4, 0.5) is 0 Å². The number of benzene rings is 3. The van der Waals surface area contributed by atoms with Crippen LogP contribution in [0.5, 0.6) is 5.75 Å². The van der Waals surface area contributed by atoms with Crippen LogP contribution in [-0.4, -0.2) is 13.3 Å². The van der Waals surface area contributed by atoms with Crippen molar-refractivity contribution in [1.29, 1.82) is 0 Å². The van der Waals surface area contributed by atoms with Crippen molar-refractivity contribution in [2.75, 3.05) is 7.11 Å². The Morgan fingerprint density at radius 3 is 2.67 bits per heavy atom. The lowest BCUT2D eigenvalue weighted by Crippen LogP contribution is -2.09. The van der Waals surface area contributed by atoms with Gasteiger partial charge in [-0.1, -0.05) is 36.4 Å². The van der Waals surface area contributed by atoms with Gasteiger partial charge >= 0.3 is 0 Å². The molecular formula is C22H21NO. The Morgan fingerprint density at radius 2 is 1.83 bits per heavy atom. The highest BCUT2D eigenvalue weighted by molar-refractivity contribution is 5.88. The van der Waals surface area contributed by atoms with Gasteiger partial charge < -0.3 is 4.74 Å². The van der Waals surface area contributed by atoms with E-state index in [0.29, 0.717) is 0 Å². The van der Waals surface area contributed by atoms with Crippen LogP contribution in [0.25, 0.3) is 10.8 Å². The molecule has 1 aliphatic carbocycles. The van der Waals surface area contributed by atoms with E-state index in [1.54, 1.807) is 7.11 Å². The van der Waals surface area contributed by atoms with Crippen molar-refractivity contribution in [3.05, 3.63) is 77.4 Å². The van der Waals surface area contributed by atoms with Crippen molar-refractivity contribution in [1.82, 2.24) is 0 Å². The van der Waals surface area contributed by atoms with Crippen LogP contribution in [-0.2, 0) is 6.42 Å². The summed E-state index contributed by atoms with van der Waals surface area (Å²) in [4.78, 5) is 4.93. The molecular weight excluding hydrogens is 294 g/mol. The molecule has 0 spiro atoms. The molecule has 1 atom stereocenters. The maximum Gasteiger partial charge on any atom is 0.118 e. The molecule has 0 amide bonds. The van der Waals surface area contributed by atoms with Crippen molar-refractivity contribution in [3.8, 4) is 5.75 Å². The van der Waals surface area contributed by atoms with Crippen molar-refractivity contribution < 1.29 is 4.74 Å². The normalized spacial score (nSPS) is 17.1. The Balaban J connectivity index is 1.70. The zero-order chi connectivity index (χ0) is 16.4. The van der Waals surface area contributed by atoms with Gasteiger partial charge in [-0.3, -0.25) is 4.99 Å². The largest absolute Gasteiger partial charge is 0.497 e. The lowest BCUT2D eigenvalue weighted by Gasteiger charge is -2.24. The molecule has 0 bridgehead atoms. The van der Waals surface area contributed by atoms with Crippen molar-refractivity contribution in [2.45, 2.75) is 25.3 Å². The van der Waals surface area contributed by atoms with Gasteiger partial charge in [-0.15, -0.1) is 0 Å². The molecule has 1 unspecified atom stereocenters. The fourth-order valence-corrected chi connectivity index (χ4v) is 3.60. The molecule has 2 heteroatoms. The van der Waals surface area contributed by atoms with E-state index in [2.05, 4.69) is 48.5 Å². The maximum absolute atomic E-state index is 5.21. The third-order valence-corrected chi connectivity index (χ3v) is 4.84. The number of fused-ring (bicyclic) bond motifs is 3. The van der Waals surface area contributed by atoms with Gasteiger partial charge in [0.15, 0.2) is 0 Å². The lowest BCUT2D eigenvalue weighted by molar-refractivity contribution is 0.415. The summed E-state index contributed by atoms with van der Waals surface area (Å²) < 4.78 is 5.21. The number of aliphatic imine (C=N–C) groups is 1. The highest BCUT2D eigenvalue weighted by Crippen LogP contribution is 2.37. The number of hydrogen-bond donors (Lipinski definition) is 0. The average Bonchev–Trinajstić information content (AvgIpc) is 2.66. The number of aryl methyl sites for hydroxylation is 1. The first kappa shape index (κ1) is 14.9. The number of ether oxygens (including phenoxy) is 1. The van der Waals surface area contributed by atoms with E-state index >= 15 is 0 Å². The first-order chi connectivity index (χ1) is 11.8. The Hall–Kier alpha value is -2.61. The SMILES string of the molecule is COc1ccc(C=NC2CCCc3ccc4ccccc4c32)cc1. The van der Waals surface area contributed by atoms with Gasteiger partial charge in [0.2, 0.25) is 0 Å². The van der Waals surface area contributed by atoms with Crippen LogP contribution in [0.1, 0.15) is 35.6 Å². The fourth-order valence-electron chi connectivity index (χ4n) is 3.60. The van der Waals surface area contributed by atoms with Crippen LogP contribution in [0.15, 0.2) is 65.7 Å². The summed E-state index contributed by atoms with van der Waals surface area (Å²) in [6.07, 6.45) is 5.49. The van der Waals surface area contributed by atoms with Gasteiger partial charge in [0.05, 0.1) is 13.2 Å². The minimum atomic E-state index is 0.252. The number of hydrogen-bond acceptors (Lipinski definition) is 2. The van der Waals surface area contributed by atoms with Gasteiger partial charge in [0.25, 0.3) is 0 Å². The predicted octanol–water partition coefficient (Wildman–Crippen LogP) is 5.34. The molecule has 3 aromatic rings. The molecule has 4 rings (SSSR count). The molecule has 0 radical (unpaired) electrons. The van der Waals surface area contributed by atoms with Gasteiger partial charge in [0.1, 0.15) is 5.75 Å². The number of nitrogens with zero attached hydrogens (tertiary/aromatic N) is 1. The van der Waals surface area contributed by atoms with Gasteiger partial charge in [-0.25, -0.2) is 0 Å². The Morgan fingerprint density at radius 1 is 1.00 bits per heavy atom. The van der Waals surface area contributed by atoms with Crippen molar-refractivity contribution in [2.24, 2.45) is 4.99 Å².